The largest absolute Gasteiger partial charge is 0.350 e. The van der Waals surface area contributed by atoms with Crippen LogP contribution in [-0.4, -0.2) is 18.5 Å². The third-order valence-corrected chi connectivity index (χ3v) is 3.29. The molecule has 1 aromatic carbocycles. The zero-order chi connectivity index (χ0) is 13.0. The van der Waals surface area contributed by atoms with Crippen molar-refractivity contribution < 1.29 is 4.79 Å². The molecule has 0 aromatic heterocycles. The van der Waals surface area contributed by atoms with E-state index in [0.717, 1.165) is 5.56 Å². The number of carbonyl (C=O) groups is 1. The van der Waals surface area contributed by atoms with Crippen LogP contribution >= 0.6 is 11.6 Å². The summed E-state index contributed by atoms with van der Waals surface area (Å²) in [5, 5.41) is 3.30. The number of aryl methyl sites for hydroxylation is 1. The van der Waals surface area contributed by atoms with Crippen molar-refractivity contribution in [3.05, 3.63) is 34.3 Å². The van der Waals surface area contributed by atoms with Crippen LogP contribution in [0.25, 0.3) is 0 Å². The highest BCUT2D eigenvalue weighted by Crippen LogP contribution is 2.19. The summed E-state index contributed by atoms with van der Waals surface area (Å²) in [6, 6.07) is 5.37. The lowest BCUT2D eigenvalue weighted by Crippen LogP contribution is -2.40. The highest BCUT2D eigenvalue weighted by molar-refractivity contribution is 6.34. The highest BCUT2D eigenvalue weighted by Gasteiger charge is 2.13. The fraction of sp³-hybridized carbons (Fsp3) is 0.462. The standard InChI is InChI=1S/C13H19ClN2O/c1-8(2)11(15)7-16-13(17)10-6-4-5-9(3)12(10)14/h4-6,8,11H,7,15H2,1-3H3,(H,16,17). The first-order valence-electron chi connectivity index (χ1n) is 5.72. The Morgan fingerprint density at radius 1 is 1.47 bits per heavy atom. The molecule has 3 nitrogen and oxygen atoms in total. The maximum absolute atomic E-state index is 11.9. The molecule has 17 heavy (non-hydrogen) atoms. The summed E-state index contributed by atoms with van der Waals surface area (Å²) in [5.41, 5.74) is 7.26. The van der Waals surface area contributed by atoms with Crippen molar-refractivity contribution in [3.8, 4) is 0 Å². The number of nitrogens with one attached hydrogen (secondary N) is 1. The predicted molar refractivity (Wildman–Crippen MR) is 71.3 cm³/mol. The molecule has 0 spiro atoms. The number of nitrogens with two attached hydrogens (primary N) is 1. The monoisotopic (exact) mass is 254 g/mol. The maximum atomic E-state index is 11.9. The van der Waals surface area contributed by atoms with Gasteiger partial charge in [0.25, 0.3) is 5.91 Å². The van der Waals surface area contributed by atoms with Crippen LogP contribution < -0.4 is 11.1 Å². The van der Waals surface area contributed by atoms with E-state index in [1.54, 1.807) is 6.07 Å². The number of carbonyl (C=O) groups excluding carboxylic acids is 1. The molecule has 0 heterocycles. The van der Waals surface area contributed by atoms with Crippen molar-refractivity contribution in [1.29, 1.82) is 0 Å². The third-order valence-electron chi connectivity index (χ3n) is 2.79. The molecule has 1 unspecified atom stereocenters. The van der Waals surface area contributed by atoms with E-state index < -0.39 is 0 Å². The van der Waals surface area contributed by atoms with Crippen LogP contribution in [0, 0.1) is 12.8 Å². The Morgan fingerprint density at radius 2 is 2.12 bits per heavy atom. The molecule has 1 atom stereocenters. The van der Waals surface area contributed by atoms with Gasteiger partial charge in [-0.1, -0.05) is 37.6 Å². The van der Waals surface area contributed by atoms with Gasteiger partial charge in [0.1, 0.15) is 0 Å². The number of hydrogen-bond donors (Lipinski definition) is 2. The van der Waals surface area contributed by atoms with Gasteiger partial charge < -0.3 is 11.1 Å². The quantitative estimate of drug-likeness (QED) is 0.867. The van der Waals surface area contributed by atoms with Crippen LogP contribution in [-0.2, 0) is 0 Å². The minimum absolute atomic E-state index is 0.0393. The Hall–Kier alpha value is -1.06. The predicted octanol–water partition coefficient (Wildman–Crippen LogP) is 2.36. The number of amides is 1. The summed E-state index contributed by atoms with van der Waals surface area (Å²) in [6.07, 6.45) is 0. The van der Waals surface area contributed by atoms with Gasteiger partial charge in [-0.05, 0) is 24.5 Å². The van der Waals surface area contributed by atoms with E-state index in [4.69, 9.17) is 17.3 Å². The van der Waals surface area contributed by atoms with E-state index >= 15 is 0 Å². The van der Waals surface area contributed by atoms with Crippen LogP contribution in [0.5, 0.6) is 0 Å². The van der Waals surface area contributed by atoms with E-state index in [1.165, 1.54) is 0 Å². The Balaban J connectivity index is 2.68. The highest BCUT2D eigenvalue weighted by atomic mass is 35.5. The molecular weight excluding hydrogens is 236 g/mol. The molecule has 3 N–H and O–H groups in total. The molecule has 0 aliphatic carbocycles. The summed E-state index contributed by atoms with van der Waals surface area (Å²) in [7, 11) is 0. The van der Waals surface area contributed by atoms with Crippen LogP contribution in [0.3, 0.4) is 0 Å². The van der Waals surface area contributed by atoms with Gasteiger partial charge in [-0.15, -0.1) is 0 Å². The van der Waals surface area contributed by atoms with Gasteiger partial charge in [-0.3, -0.25) is 4.79 Å². The first-order chi connectivity index (χ1) is 7.93. The topological polar surface area (TPSA) is 55.1 Å². The molecule has 0 saturated heterocycles. The molecule has 94 valence electrons. The van der Waals surface area contributed by atoms with Crippen molar-refractivity contribution in [2.75, 3.05) is 6.54 Å². The molecule has 0 saturated carbocycles. The molecule has 0 bridgehead atoms. The van der Waals surface area contributed by atoms with Crippen LogP contribution in [0.15, 0.2) is 18.2 Å². The van der Waals surface area contributed by atoms with Gasteiger partial charge in [0.15, 0.2) is 0 Å². The fourth-order valence-electron chi connectivity index (χ4n) is 1.36. The van der Waals surface area contributed by atoms with E-state index in [-0.39, 0.29) is 11.9 Å². The summed E-state index contributed by atoms with van der Waals surface area (Å²) in [4.78, 5) is 11.9. The lowest BCUT2D eigenvalue weighted by molar-refractivity contribution is 0.0949. The third kappa shape index (κ3) is 3.72. The van der Waals surface area contributed by atoms with E-state index in [0.29, 0.717) is 23.0 Å². The Morgan fingerprint density at radius 3 is 2.71 bits per heavy atom. The first-order valence-corrected chi connectivity index (χ1v) is 6.10. The van der Waals surface area contributed by atoms with Gasteiger partial charge >= 0.3 is 0 Å². The van der Waals surface area contributed by atoms with Crippen molar-refractivity contribution in [2.24, 2.45) is 11.7 Å². The minimum atomic E-state index is -0.171. The summed E-state index contributed by atoms with van der Waals surface area (Å²) in [6.45, 7) is 6.38. The lowest BCUT2D eigenvalue weighted by atomic mass is 10.1. The van der Waals surface area contributed by atoms with Gasteiger partial charge in [0.05, 0.1) is 10.6 Å². The van der Waals surface area contributed by atoms with Crippen molar-refractivity contribution in [2.45, 2.75) is 26.8 Å². The van der Waals surface area contributed by atoms with Crippen LogP contribution in [0.2, 0.25) is 5.02 Å². The summed E-state index contributed by atoms with van der Waals surface area (Å²) >= 11 is 6.07. The second-order valence-corrected chi connectivity index (χ2v) is 4.93. The number of benzene rings is 1. The number of hydrogen-bond acceptors (Lipinski definition) is 2. The second kappa shape index (κ2) is 6.03. The molecule has 1 aromatic rings. The average Bonchev–Trinajstić information content (AvgIpc) is 2.29. The van der Waals surface area contributed by atoms with Crippen LogP contribution in [0.4, 0.5) is 0 Å². The van der Waals surface area contributed by atoms with Crippen molar-refractivity contribution >= 4 is 17.5 Å². The zero-order valence-corrected chi connectivity index (χ0v) is 11.2. The SMILES string of the molecule is Cc1cccc(C(=O)NCC(N)C(C)C)c1Cl. The Kier molecular flexibility index (Phi) is 4.97. The van der Waals surface area contributed by atoms with Gasteiger partial charge in [-0.2, -0.15) is 0 Å². The Labute approximate surface area is 107 Å². The molecular formula is C13H19ClN2O. The van der Waals surface area contributed by atoms with Crippen LogP contribution in [0.1, 0.15) is 29.8 Å². The summed E-state index contributed by atoms with van der Waals surface area (Å²) in [5.74, 6) is 0.165. The van der Waals surface area contributed by atoms with Gasteiger partial charge in [0.2, 0.25) is 0 Å². The number of rotatable bonds is 4. The molecule has 1 amide bonds. The first kappa shape index (κ1) is 14.0. The molecule has 0 radical (unpaired) electrons. The Bertz CT molecular complexity index is 404. The van der Waals surface area contributed by atoms with Crippen molar-refractivity contribution in [1.82, 2.24) is 5.32 Å². The smallest absolute Gasteiger partial charge is 0.252 e. The lowest BCUT2D eigenvalue weighted by Gasteiger charge is -2.16. The minimum Gasteiger partial charge on any atom is -0.350 e. The zero-order valence-electron chi connectivity index (χ0n) is 10.5. The molecule has 1 rings (SSSR count). The average molecular weight is 255 g/mol. The molecule has 0 fully saturated rings. The van der Waals surface area contributed by atoms with Crippen molar-refractivity contribution in [3.63, 3.8) is 0 Å². The second-order valence-electron chi connectivity index (χ2n) is 4.55. The number of halogens is 1. The summed E-state index contributed by atoms with van der Waals surface area (Å²) < 4.78 is 0. The maximum Gasteiger partial charge on any atom is 0.252 e. The molecule has 4 heteroatoms. The van der Waals surface area contributed by atoms with E-state index in [2.05, 4.69) is 5.32 Å². The van der Waals surface area contributed by atoms with Gasteiger partial charge in [0, 0.05) is 12.6 Å². The van der Waals surface area contributed by atoms with E-state index in [9.17, 15) is 4.79 Å². The normalized spacial score (nSPS) is 12.6. The van der Waals surface area contributed by atoms with E-state index in [1.807, 2.05) is 32.9 Å². The molecule has 0 aliphatic rings. The molecule has 0 aliphatic heterocycles. The van der Waals surface area contributed by atoms with Gasteiger partial charge in [-0.25, -0.2) is 0 Å². The fourth-order valence-corrected chi connectivity index (χ4v) is 1.58.